The second-order valence-corrected chi connectivity index (χ2v) is 4.70. The average Bonchev–Trinajstić information content (AvgIpc) is 2.41. The van der Waals surface area contributed by atoms with Gasteiger partial charge in [-0.05, 0) is 6.07 Å². The number of hydrogen-bond acceptors (Lipinski definition) is 4. The maximum absolute atomic E-state index is 11.8. The Morgan fingerprint density at radius 3 is 2.68 bits per heavy atom. The van der Waals surface area contributed by atoms with Gasteiger partial charge in [0.25, 0.3) is 0 Å². The highest BCUT2D eigenvalue weighted by atomic mass is 35.5. The first-order valence-electron chi connectivity index (χ1n) is 5.53. The summed E-state index contributed by atoms with van der Waals surface area (Å²) in [5, 5.41) is 9.06. The van der Waals surface area contributed by atoms with Gasteiger partial charge in [0, 0.05) is 6.42 Å². The molecule has 0 amide bonds. The van der Waals surface area contributed by atoms with Crippen LogP contribution in [0.4, 0.5) is 0 Å². The number of aliphatic carboxylic acids is 1. The van der Waals surface area contributed by atoms with E-state index in [0.717, 1.165) is 0 Å². The number of Topliss-reactive ketones (excluding diaryl/α,β-unsaturated/α-hetero) is 1. The predicted molar refractivity (Wildman–Crippen MR) is 68.6 cm³/mol. The summed E-state index contributed by atoms with van der Waals surface area (Å²) in [6, 6.07) is 1.40. The van der Waals surface area contributed by atoms with E-state index in [9.17, 15) is 9.59 Å². The molecular weight excluding hydrogens is 295 g/mol. The van der Waals surface area contributed by atoms with Gasteiger partial charge in [-0.25, -0.2) is 4.79 Å². The van der Waals surface area contributed by atoms with Gasteiger partial charge >= 0.3 is 5.97 Å². The molecule has 102 valence electrons. The highest BCUT2D eigenvalue weighted by Gasteiger charge is 2.32. The molecular formula is C12H10Cl2O5. The number of carbonyl (C=O) groups is 2. The zero-order valence-electron chi connectivity index (χ0n) is 9.91. The molecule has 1 aromatic carbocycles. The summed E-state index contributed by atoms with van der Waals surface area (Å²) in [6.07, 6.45) is -0.913. The third-order valence-electron chi connectivity index (χ3n) is 2.67. The van der Waals surface area contributed by atoms with Gasteiger partial charge in [0.05, 0.1) is 10.6 Å². The van der Waals surface area contributed by atoms with E-state index < -0.39 is 12.1 Å². The number of fused-ring (bicyclic) bond motifs is 1. The fraction of sp³-hybridized carbons (Fsp3) is 0.333. The molecule has 1 aromatic rings. The van der Waals surface area contributed by atoms with Gasteiger partial charge in [-0.2, -0.15) is 0 Å². The van der Waals surface area contributed by atoms with Gasteiger partial charge in [-0.1, -0.05) is 30.1 Å². The minimum Gasteiger partial charge on any atom is -0.484 e. The van der Waals surface area contributed by atoms with Crippen molar-refractivity contribution in [2.75, 3.05) is 6.61 Å². The van der Waals surface area contributed by atoms with Crippen molar-refractivity contribution in [1.29, 1.82) is 0 Å². The highest BCUT2D eigenvalue weighted by molar-refractivity contribution is 6.43. The van der Waals surface area contributed by atoms with Gasteiger partial charge in [-0.15, -0.1) is 0 Å². The van der Waals surface area contributed by atoms with Crippen molar-refractivity contribution in [2.45, 2.75) is 19.4 Å². The molecule has 0 saturated carbocycles. The minimum absolute atomic E-state index is 0.00427. The number of hydrogen-bond donors (Lipinski definition) is 1. The van der Waals surface area contributed by atoms with Crippen molar-refractivity contribution in [2.24, 2.45) is 0 Å². The van der Waals surface area contributed by atoms with Gasteiger partial charge in [0.1, 0.15) is 11.6 Å². The summed E-state index contributed by atoms with van der Waals surface area (Å²) in [6.45, 7) is 1.51. The molecule has 0 saturated heterocycles. The van der Waals surface area contributed by atoms with E-state index in [1.807, 2.05) is 0 Å². The van der Waals surface area contributed by atoms with Crippen LogP contribution in [-0.4, -0.2) is 29.6 Å². The number of carbonyl (C=O) groups excluding carboxylic acids is 1. The number of benzene rings is 1. The predicted octanol–water partition coefficient (Wildman–Crippen LogP) is 2.81. The number of ether oxygens (including phenoxy) is 2. The molecule has 0 aliphatic carbocycles. The minimum atomic E-state index is -1.18. The highest BCUT2D eigenvalue weighted by Crippen LogP contribution is 2.45. The van der Waals surface area contributed by atoms with Crippen LogP contribution in [0.5, 0.6) is 11.5 Å². The molecule has 1 aliphatic rings. The second-order valence-electron chi connectivity index (χ2n) is 3.91. The maximum atomic E-state index is 11.8. The SMILES string of the molecule is CCC(=O)c1cc(Cl)c(Cl)c2c1OCC(C(=O)O)O2. The largest absolute Gasteiger partial charge is 0.484 e. The Morgan fingerprint density at radius 1 is 1.42 bits per heavy atom. The first-order valence-corrected chi connectivity index (χ1v) is 6.28. The molecule has 1 heterocycles. The lowest BCUT2D eigenvalue weighted by atomic mass is 10.1. The lowest BCUT2D eigenvalue weighted by Gasteiger charge is -2.26. The van der Waals surface area contributed by atoms with Crippen LogP contribution in [0.25, 0.3) is 0 Å². The standard InChI is InChI=1S/C12H10Cl2O5/c1-2-7(15)5-3-6(13)9(14)11-10(5)18-4-8(19-11)12(16)17/h3,8H,2,4H2,1H3,(H,16,17). The Bertz CT molecular complexity index is 556. The zero-order valence-corrected chi connectivity index (χ0v) is 11.4. The number of halogens is 2. The molecule has 1 aliphatic heterocycles. The van der Waals surface area contributed by atoms with E-state index in [-0.39, 0.29) is 45.9 Å². The zero-order chi connectivity index (χ0) is 14.2. The normalized spacial score (nSPS) is 17.1. The maximum Gasteiger partial charge on any atom is 0.348 e. The van der Waals surface area contributed by atoms with Gasteiger partial charge in [0.15, 0.2) is 17.3 Å². The molecule has 2 rings (SSSR count). The number of carboxylic acids is 1. The van der Waals surface area contributed by atoms with E-state index in [2.05, 4.69) is 0 Å². The van der Waals surface area contributed by atoms with Crippen LogP contribution in [-0.2, 0) is 4.79 Å². The fourth-order valence-electron chi connectivity index (χ4n) is 1.69. The summed E-state index contributed by atoms with van der Waals surface area (Å²) in [4.78, 5) is 22.7. The summed E-state index contributed by atoms with van der Waals surface area (Å²) in [5.41, 5.74) is 0.246. The van der Waals surface area contributed by atoms with Crippen LogP contribution in [0.1, 0.15) is 23.7 Å². The number of carboxylic acid groups (broad SMARTS) is 1. The Hall–Kier alpha value is -1.46. The molecule has 1 atom stereocenters. The van der Waals surface area contributed by atoms with Gasteiger partial charge in [0.2, 0.25) is 6.10 Å². The second kappa shape index (κ2) is 5.27. The van der Waals surface area contributed by atoms with E-state index in [1.165, 1.54) is 6.07 Å². The van der Waals surface area contributed by atoms with Crippen molar-refractivity contribution >= 4 is 35.0 Å². The van der Waals surface area contributed by atoms with Crippen LogP contribution in [0, 0.1) is 0 Å². The van der Waals surface area contributed by atoms with Crippen LogP contribution in [0.15, 0.2) is 6.07 Å². The Morgan fingerprint density at radius 2 is 2.11 bits per heavy atom. The van der Waals surface area contributed by atoms with Crippen molar-refractivity contribution in [1.82, 2.24) is 0 Å². The molecule has 0 aromatic heterocycles. The van der Waals surface area contributed by atoms with Crippen LogP contribution in [0.3, 0.4) is 0 Å². The number of ketones is 1. The van der Waals surface area contributed by atoms with Crippen molar-refractivity contribution in [3.63, 3.8) is 0 Å². The monoisotopic (exact) mass is 304 g/mol. The third kappa shape index (κ3) is 2.48. The van der Waals surface area contributed by atoms with E-state index in [4.69, 9.17) is 37.8 Å². The van der Waals surface area contributed by atoms with Crippen LogP contribution in [0.2, 0.25) is 10.0 Å². The fourth-order valence-corrected chi connectivity index (χ4v) is 2.07. The number of rotatable bonds is 3. The molecule has 1 N–H and O–H groups in total. The molecule has 0 fully saturated rings. The topological polar surface area (TPSA) is 72.8 Å². The van der Waals surface area contributed by atoms with Gasteiger partial charge in [-0.3, -0.25) is 4.79 Å². The van der Waals surface area contributed by atoms with Crippen molar-refractivity contribution in [3.8, 4) is 11.5 Å². The van der Waals surface area contributed by atoms with E-state index in [1.54, 1.807) is 6.92 Å². The molecule has 0 bridgehead atoms. The third-order valence-corrected chi connectivity index (χ3v) is 3.44. The lowest BCUT2D eigenvalue weighted by Crippen LogP contribution is -2.37. The lowest BCUT2D eigenvalue weighted by molar-refractivity contribution is -0.147. The summed E-state index contributed by atoms with van der Waals surface area (Å²) in [7, 11) is 0. The molecule has 0 radical (unpaired) electrons. The molecule has 0 spiro atoms. The molecule has 7 heteroatoms. The Kier molecular flexibility index (Phi) is 3.87. The van der Waals surface area contributed by atoms with Crippen LogP contribution < -0.4 is 9.47 Å². The molecule has 5 nitrogen and oxygen atoms in total. The first-order chi connectivity index (χ1) is 8.95. The average molecular weight is 305 g/mol. The van der Waals surface area contributed by atoms with Crippen molar-refractivity contribution in [3.05, 3.63) is 21.7 Å². The molecule has 19 heavy (non-hydrogen) atoms. The summed E-state index contributed by atoms with van der Waals surface area (Å²) < 4.78 is 10.6. The Balaban J connectivity index is 2.54. The van der Waals surface area contributed by atoms with Crippen molar-refractivity contribution < 1.29 is 24.2 Å². The smallest absolute Gasteiger partial charge is 0.348 e. The van der Waals surface area contributed by atoms with Gasteiger partial charge < -0.3 is 14.6 Å². The summed E-state index contributed by atoms with van der Waals surface area (Å²) >= 11 is 11.9. The summed E-state index contributed by atoms with van der Waals surface area (Å²) in [5.74, 6) is -1.21. The quantitative estimate of drug-likeness (QED) is 0.869. The Labute approximate surface area is 119 Å². The first kappa shape index (κ1) is 14.0. The molecule has 1 unspecified atom stereocenters. The van der Waals surface area contributed by atoms with E-state index in [0.29, 0.717) is 0 Å². The van der Waals surface area contributed by atoms with Crippen LogP contribution >= 0.6 is 23.2 Å². The van der Waals surface area contributed by atoms with E-state index >= 15 is 0 Å².